The summed E-state index contributed by atoms with van der Waals surface area (Å²) in [7, 11) is 0. The van der Waals surface area contributed by atoms with Gasteiger partial charge in [-0.3, -0.25) is 0 Å². The summed E-state index contributed by atoms with van der Waals surface area (Å²) in [6, 6.07) is 6.24. The number of ether oxygens (including phenoxy) is 1. The molecule has 3 heteroatoms. The monoisotopic (exact) mass is 267 g/mol. The Morgan fingerprint density at radius 3 is 2.93 bits per heavy atom. The number of hydrogen-bond acceptors (Lipinski definition) is 2. The van der Waals surface area contributed by atoms with Crippen molar-refractivity contribution in [2.24, 2.45) is 5.73 Å². The molecule has 2 N–H and O–H groups in total. The Morgan fingerprint density at radius 2 is 2.20 bits per heavy atom. The van der Waals surface area contributed by atoms with Gasteiger partial charge in [0.2, 0.25) is 0 Å². The lowest BCUT2D eigenvalue weighted by molar-refractivity contribution is 0.249. The van der Waals surface area contributed by atoms with E-state index in [2.05, 4.69) is 28.1 Å². The summed E-state index contributed by atoms with van der Waals surface area (Å²) in [5.41, 5.74) is 7.66. The van der Waals surface area contributed by atoms with Crippen molar-refractivity contribution in [2.45, 2.75) is 30.7 Å². The molecule has 80 valence electrons. The number of hydrogen-bond donors (Lipinski definition) is 1. The van der Waals surface area contributed by atoms with Crippen LogP contribution in [-0.2, 0) is 0 Å². The maximum Gasteiger partial charge on any atom is 0.137 e. The first kappa shape index (κ1) is 9.67. The minimum Gasteiger partial charge on any atom is -0.492 e. The number of halogens is 1. The molecule has 1 aliphatic heterocycles. The average molecular weight is 268 g/mol. The summed E-state index contributed by atoms with van der Waals surface area (Å²) in [5, 5.41) is 0. The molecule has 1 aliphatic carbocycles. The highest BCUT2D eigenvalue weighted by Crippen LogP contribution is 2.51. The highest BCUT2D eigenvalue weighted by atomic mass is 79.9. The van der Waals surface area contributed by atoms with Gasteiger partial charge in [0.25, 0.3) is 0 Å². The van der Waals surface area contributed by atoms with Crippen LogP contribution in [0.1, 0.15) is 30.7 Å². The van der Waals surface area contributed by atoms with Gasteiger partial charge < -0.3 is 10.5 Å². The molecule has 2 aliphatic rings. The lowest BCUT2D eigenvalue weighted by Gasteiger charge is -2.30. The standard InChI is InChI=1S/C12H14BrNO/c13-10-3-1-2-8-9(12(14)5-6-12)4-7-15-11(8)10/h1-3,9H,4-7,14H2. The molecular formula is C12H14BrNO. The fraction of sp³-hybridized carbons (Fsp3) is 0.500. The largest absolute Gasteiger partial charge is 0.492 e. The van der Waals surface area contributed by atoms with E-state index >= 15 is 0 Å². The van der Waals surface area contributed by atoms with E-state index in [1.807, 2.05) is 6.07 Å². The lowest BCUT2D eigenvalue weighted by Crippen LogP contribution is -2.34. The SMILES string of the molecule is NC1(C2CCOc3c(Br)cccc32)CC1. The van der Waals surface area contributed by atoms with Crippen LogP contribution in [0.2, 0.25) is 0 Å². The molecule has 1 heterocycles. The van der Waals surface area contributed by atoms with Crippen LogP contribution >= 0.6 is 15.9 Å². The number of fused-ring (bicyclic) bond motifs is 1. The zero-order chi connectivity index (χ0) is 10.5. The van der Waals surface area contributed by atoms with Gasteiger partial charge in [0.15, 0.2) is 0 Å². The molecule has 1 atom stereocenters. The third kappa shape index (κ3) is 1.49. The van der Waals surface area contributed by atoms with Gasteiger partial charge in [-0.25, -0.2) is 0 Å². The van der Waals surface area contributed by atoms with Gasteiger partial charge in [-0.1, -0.05) is 12.1 Å². The number of para-hydroxylation sites is 1. The lowest BCUT2D eigenvalue weighted by atomic mass is 9.85. The van der Waals surface area contributed by atoms with E-state index in [0.717, 1.165) is 36.1 Å². The second kappa shape index (κ2) is 3.22. The molecule has 15 heavy (non-hydrogen) atoms. The maximum atomic E-state index is 6.32. The van der Waals surface area contributed by atoms with E-state index in [0.29, 0.717) is 5.92 Å². The second-order valence-electron chi connectivity index (χ2n) is 4.58. The van der Waals surface area contributed by atoms with Gasteiger partial charge >= 0.3 is 0 Å². The molecule has 1 fully saturated rings. The predicted molar refractivity (Wildman–Crippen MR) is 63.1 cm³/mol. The van der Waals surface area contributed by atoms with Crippen molar-refractivity contribution >= 4 is 15.9 Å². The molecule has 1 unspecified atom stereocenters. The Morgan fingerprint density at radius 1 is 1.40 bits per heavy atom. The minimum atomic E-state index is 0.0549. The van der Waals surface area contributed by atoms with Crippen molar-refractivity contribution < 1.29 is 4.74 Å². The summed E-state index contributed by atoms with van der Waals surface area (Å²) in [5.74, 6) is 1.49. The van der Waals surface area contributed by atoms with E-state index in [-0.39, 0.29) is 5.54 Å². The van der Waals surface area contributed by atoms with Gasteiger partial charge in [0.05, 0.1) is 11.1 Å². The van der Waals surface area contributed by atoms with Crippen LogP contribution in [0.25, 0.3) is 0 Å². The summed E-state index contributed by atoms with van der Waals surface area (Å²) in [6.45, 7) is 0.791. The van der Waals surface area contributed by atoms with E-state index in [4.69, 9.17) is 10.5 Å². The first-order valence-corrected chi connectivity index (χ1v) is 6.20. The molecule has 0 amide bonds. The Labute approximate surface area is 97.9 Å². The van der Waals surface area contributed by atoms with Crippen molar-refractivity contribution in [3.05, 3.63) is 28.2 Å². The first-order valence-electron chi connectivity index (χ1n) is 5.41. The minimum absolute atomic E-state index is 0.0549. The van der Waals surface area contributed by atoms with E-state index in [1.165, 1.54) is 5.56 Å². The highest BCUT2D eigenvalue weighted by molar-refractivity contribution is 9.10. The average Bonchev–Trinajstić information content (AvgIpc) is 2.98. The van der Waals surface area contributed by atoms with Crippen molar-refractivity contribution in [1.29, 1.82) is 0 Å². The zero-order valence-corrected chi connectivity index (χ0v) is 10.1. The van der Waals surface area contributed by atoms with Crippen LogP contribution in [0, 0.1) is 0 Å². The van der Waals surface area contributed by atoms with Gasteiger partial charge in [0.1, 0.15) is 5.75 Å². The van der Waals surface area contributed by atoms with Crippen molar-refractivity contribution in [3.8, 4) is 5.75 Å². The first-order chi connectivity index (χ1) is 7.21. The molecule has 2 nitrogen and oxygen atoms in total. The molecule has 0 spiro atoms. The molecule has 1 saturated carbocycles. The van der Waals surface area contributed by atoms with Crippen LogP contribution in [0.3, 0.4) is 0 Å². The highest BCUT2D eigenvalue weighted by Gasteiger charge is 2.48. The molecule has 1 aromatic rings. The Kier molecular flexibility index (Phi) is 2.08. The van der Waals surface area contributed by atoms with E-state index in [9.17, 15) is 0 Å². The molecule has 0 radical (unpaired) electrons. The van der Waals surface area contributed by atoms with Gasteiger partial charge in [0, 0.05) is 17.0 Å². The quantitative estimate of drug-likeness (QED) is 0.850. The third-order valence-corrected chi connectivity index (χ3v) is 4.17. The van der Waals surface area contributed by atoms with Crippen molar-refractivity contribution in [2.75, 3.05) is 6.61 Å². The summed E-state index contributed by atoms with van der Waals surface area (Å²) < 4.78 is 6.75. The predicted octanol–water partition coefficient (Wildman–Crippen LogP) is 2.81. The molecule has 0 saturated heterocycles. The number of benzene rings is 1. The Bertz CT molecular complexity index is 401. The second-order valence-corrected chi connectivity index (χ2v) is 5.44. The van der Waals surface area contributed by atoms with Crippen LogP contribution < -0.4 is 10.5 Å². The molecule has 0 aromatic heterocycles. The van der Waals surface area contributed by atoms with Crippen LogP contribution in [0.4, 0.5) is 0 Å². The summed E-state index contributed by atoms with van der Waals surface area (Å²) in [6.07, 6.45) is 3.37. The molecular weight excluding hydrogens is 254 g/mol. The van der Waals surface area contributed by atoms with Gasteiger partial charge in [-0.15, -0.1) is 0 Å². The van der Waals surface area contributed by atoms with E-state index in [1.54, 1.807) is 0 Å². The van der Waals surface area contributed by atoms with Crippen LogP contribution in [0.15, 0.2) is 22.7 Å². The third-order valence-electron chi connectivity index (χ3n) is 3.55. The summed E-state index contributed by atoms with van der Waals surface area (Å²) >= 11 is 3.53. The Hall–Kier alpha value is -0.540. The smallest absolute Gasteiger partial charge is 0.137 e. The normalized spacial score (nSPS) is 26.7. The van der Waals surface area contributed by atoms with Crippen LogP contribution in [-0.4, -0.2) is 12.1 Å². The fourth-order valence-corrected chi connectivity index (χ4v) is 2.97. The Balaban J connectivity index is 2.07. The number of nitrogens with two attached hydrogens (primary N) is 1. The van der Waals surface area contributed by atoms with Crippen LogP contribution in [0.5, 0.6) is 5.75 Å². The molecule has 0 bridgehead atoms. The van der Waals surface area contributed by atoms with Crippen molar-refractivity contribution in [1.82, 2.24) is 0 Å². The van der Waals surface area contributed by atoms with Crippen molar-refractivity contribution in [3.63, 3.8) is 0 Å². The molecule has 1 aromatic carbocycles. The summed E-state index contributed by atoms with van der Waals surface area (Å²) in [4.78, 5) is 0. The fourth-order valence-electron chi connectivity index (χ4n) is 2.48. The van der Waals surface area contributed by atoms with Gasteiger partial charge in [-0.05, 0) is 41.3 Å². The zero-order valence-electron chi connectivity index (χ0n) is 8.50. The topological polar surface area (TPSA) is 35.2 Å². The number of rotatable bonds is 1. The maximum absolute atomic E-state index is 6.32. The molecule has 3 rings (SSSR count). The van der Waals surface area contributed by atoms with E-state index < -0.39 is 0 Å². The van der Waals surface area contributed by atoms with Gasteiger partial charge in [-0.2, -0.15) is 0 Å².